The highest BCUT2D eigenvalue weighted by molar-refractivity contribution is 5.88. The summed E-state index contributed by atoms with van der Waals surface area (Å²) in [5, 5.41) is 5.11. The fourth-order valence-corrected chi connectivity index (χ4v) is 3.27. The van der Waals surface area contributed by atoms with E-state index in [0.717, 1.165) is 22.2 Å². The molecule has 28 heavy (non-hydrogen) atoms. The van der Waals surface area contributed by atoms with Gasteiger partial charge in [-0.25, -0.2) is 4.98 Å². The molecule has 0 aliphatic rings. The largest absolute Gasteiger partial charge is 0.483 e. The summed E-state index contributed by atoms with van der Waals surface area (Å²) in [6, 6.07) is 23.2. The molecule has 1 atom stereocenters. The lowest BCUT2D eigenvalue weighted by molar-refractivity contribution is -0.123. The zero-order valence-electron chi connectivity index (χ0n) is 15.6. The molecule has 1 aromatic heterocycles. The van der Waals surface area contributed by atoms with Gasteiger partial charge < -0.3 is 14.6 Å². The van der Waals surface area contributed by atoms with E-state index in [1.54, 1.807) is 6.20 Å². The Morgan fingerprint density at radius 3 is 2.57 bits per heavy atom. The third-order valence-corrected chi connectivity index (χ3v) is 4.66. The minimum absolute atomic E-state index is 0.0677. The van der Waals surface area contributed by atoms with Gasteiger partial charge in [0.15, 0.2) is 6.61 Å². The molecule has 3 aromatic carbocycles. The summed E-state index contributed by atoms with van der Waals surface area (Å²) in [4.78, 5) is 17.1. The van der Waals surface area contributed by atoms with Gasteiger partial charge in [0.05, 0.1) is 0 Å². The number of hydrogen-bond donors (Lipinski definition) is 1. The summed E-state index contributed by atoms with van der Waals surface area (Å²) in [7, 11) is 1.91. The van der Waals surface area contributed by atoms with Gasteiger partial charge in [-0.3, -0.25) is 4.79 Å². The number of ether oxygens (including phenoxy) is 1. The lowest BCUT2D eigenvalue weighted by Gasteiger charge is -2.19. The number of amides is 1. The molecule has 0 fully saturated rings. The molecule has 0 radical (unpaired) electrons. The molecule has 5 heteroatoms. The smallest absolute Gasteiger partial charge is 0.258 e. The van der Waals surface area contributed by atoms with Crippen molar-refractivity contribution in [2.24, 2.45) is 7.05 Å². The maximum Gasteiger partial charge on any atom is 0.258 e. The summed E-state index contributed by atoms with van der Waals surface area (Å²) in [6.45, 7) is -0.0677. The summed E-state index contributed by atoms with van der Waals surface area (Å²) < 4.78 is 7.73. The van der Waals surface area contributed by atoms with E-state index in [4.69, 9.17) is 4.74 Å². The number of rotatable bonds is 6. The van der Waals surface area contributed by atoms with Crippen LogP contribution in [0, 0.1) is 0 Å². The molecular weight excluding hydrogens is 350 g/mol. The van der Waals surface area contributed by atoms with Crippen molar-refractivity contribution >= 4 is 16.7 Å². The van der Waals surface area contributed by atoms with Gasteiger partial charge in [0, 0.05) is 24.8 Å². The van der Waals surface area contributed by atoms with Crippen LogP contribution in [0.1, 0.15) is 17.4 Å². The predicted octanol–water partition coefficient (Wildman–Crippen LogP) is 3.86. The number of nitrogens with one attached hydrogen (secondary N) is 1. The molecule has 5 nitrogen and oxygen atoms in total. The Labute approximate surface area is 163 Å². The average Bonchev–Trinajstić information content (AvgIpc) is 3.16. The Morgan fingerprint density at radius 1 is 1.04 bits per heavy atom. The highest BCUT2D eigenvalue weighted by Gasteiger charge is 2.20. The molecule has 140 valence electrons. The molecule has 4 rings (SSSR count). The SMILES string of the molecule is Cn1ccnc1[C@H](NC(=O)COc1cccc2ccccc12)c1ccccc1. The van der Waals surface area contributed by atoms with Gasteiger partial charge in [0.2, 0.25) is 0 Å². The second-order valence-corrected chi connectivity index (χ2v) is 6.57. The van der Waals surface area contributed by atoms with E-state index in [2.05, 4.69) is 10.3 Å². The van der Waals surface area contributed by atoms with Crippen molar-refractivity contribution < 1.29 is 9.53 Å². The second-order valence-electron chi connectivity index (χ2n) is 6.57. The summed E-state index contributed by atoms with van der Waals surface area (Å²) in [6.07, 6.45) is 3.59. The normalized spacial score (nSPS) is 11.9. The number of fused-ring (bicyclic) bond motifs is 1. The van der Waals surface area contributed by atoms with Crippen LogP contribution in [0.3, 0.4) is 0 Å². The molecule has 0 saturated carbocycles. The number of carbonyl (C=O) groups excluding carboxylic acids is 1. The molecule has 0 aliphatic carbocycles. The number of aryl methyl sites for hydroxylation is 1. The van der Waals surface area contributed by atoms with Crippen LogP contribution in [-0.4, -0.2) is 22.1 Å². The fourth-order valence-electron chi connectivity index (χ4n) is 3.27. The number of nitrogens with zero attached hydrogens (tertiary/aromatic N) is 2. The van der Waals surface area contributed by atoms with Crippen LogP contribution in [0.4, 0.5) is 0 Å². The third-order valence-electron chi connectivity index (χ3n) is 4.66. The molecule has 0 unspecified atom stereocenters. The quantitative estimate of drug-likeness (QED) is 0.560. The van der Waals surface area contributed by atoms with Gasteiger partial charge in [0.1, 0.15) is 17.6 Å². The van der Waals surface area contributed by atoms with Crippen molar-refractivity contribution in [3.05, 3.63) is 96.6 Å². The van der Waals surface area contributed by atoms with Crippen LogP contribution in [0.5, 0.6) is 5.75 Å². The lowest BCUT2D eigenvalue weighted by Crippen LogP contribution is -2.34. The maximum absolute atomic E-state index is 12.7. The van der Waals surface area contributed by atoms with Crippen LogP contribution in [0.2, 0.25) is 0 Å². The van der Waals surface area contributed by atoms with E-state index in [1.807, 2.05) is 90.6 Å². The zero-order chi connectivity index (χ0) is 19.3. The van der Waals surface area contributed by atoms with Crippen LogP contribution in [0.15, 0.2) is 85.2 Å². The molecular formula is C23H21N3O2. The Balaban J connectivity index is 1.51. The van der Waals surface area contributed by atoms with E-state index >= 15 is 0 Å². The first-order valence-electron chi connectivity index (χ1n) is 9.14. The Hall–Kier alpha value is -3.60. The molecule has 1 heterocycles. The van der Waals surface area contributed by atoms with Crippen molar-refractivity contribution in [3.8, 4) is 5.75 Å². The van der Waals surface area contributed by atoms with Crippen LogP contribution in [-0.2, 0) is 11.8 Å². The van der Waals surface area contributed by atoms with Crippen LogP contribution >= 0.6 is 0 Å². The number of hydrogen-bond acceptors (Lipinski definition) is 3. The second kappa shape index (κ2) is 7.96. The van der Waals surface area contributed by atoms with Gasteiger partial charge in [-0.1, -0.05) is 66.7 Å². The van der Waals surface area contributed by atoms with Crippen LogP contribution < -0.4 is 10.1 Å². The van der Waals surface area contributed by atoms with E-state index < -0.39 is 0 Å². The standard InChI is InChI=1S/C23H21N3O2/c1-26-15-14-24-23(26)22(18-9-3-2-4-10-18)25-21(27)16-28-20-13-7-11-17-8-5-6-12-19(17)20/h2-15,22H,16H2,1H3,(H,25,27)/t22-/m1/s1. The average molecular weight is 371 g/mol. The molecule has 4 aromatic rings. The summed E-state index contributed by atoms with van der Waals surface area (Å²) >= 11 is 0. The summed E-state index contributed by atoms with van der Waals surface area (Å²) in [5.41, 5.74) is 0.968. The van der Waals surface area contributed by atoms with Crippen molar-refractivity contribution in [2.75, 3.05) is 6.61 Å². The molecule has 0 spiro atoms. The van der Waals surface area contributed by atoms with Gasteiger partial charge in [0.25, 0.3) is 5.91 Å². The molecule has 1 amide bonds. The monoisotopic (exact) mass is 371 g/mol. The van der Waals surface area contributed by atoms with Crippen molar-refractivity contribution in [3.63, 3.8) is 0 Å². The zero-order valence-corrected chi connectivity index (χ0v) is 15.6. The Bertz CT molecular complexity index is 1080. The van der Waals surface area contributed by atoms with E-state index in [0.29, 0.717) is 5.75 Å². The number of aromatic nitrogens is 2. The van der Waals surface area contributed by atoms with Crippen molar-refractivity contribution in [1.82, 2.24) is 14.9 Å². The Kier molecular flexibility index (Phi) is 5.06. The van der Waals surface area contributed by atoms with E-state index in [9.17, 15) is 4.79 Å². The van der Waals surface area contributed by atoms with Crippen LogP contribution in [0.25, 0.3) is 10.8 Å². The first-order valence-corrected chi connectivity index (χ1v) is 9.14. The topological polar surface area (TPSA) is 56.2 Å². The highest BCUT2D eigenvalue weighted by atomic mass is 16.5. The fraction of sp³-hybridized carbons (Fsp3) is 0.130. The van der Waals surface area contributed by atoms with Gasteiger partial charge in [-0.05, 0) is 17.0 Å². The first kappa shape index (κ1) is 17.8. The molecule has 0 aliphatic heterocycles. The van der Waals surface area contributed by atoms with Crippen molar-refractivity contribution in [2.45, 2.75) is 6.04 Å². The number of benzene rings is 3. The molecule has 1 N–H and O–H groups in total. The molecule has 0 bridgehead atoms. The predicted molar refractivity (Wildman–Crippen MR) is 109 cm³/mol. The third kappa shape index (κ3) is 3.74. The lowest BCUT2D eigenvalue weighted by atomic mass is 10.1. The van der Waals surface area contributed by atoms with Gasteiger partial charge in [-0.15, -0.1) is 0 Å². The summed E-state index contributed by atoms with van der Waals surface area (Å²) in [5.74, 6) is 1.26. The first-order chi connectivity index (χ1) is 13.7. The van der Waals surface area contributed by atoms with Gasteiger partial charge >= 0.3 is 0 Å². The Morgan fingerprint density at radius 2 is 1.79 bits per heavy atom. The highest BCUT2D eigenvalue weighted by Crippen LogP contribution is 2.25. The number of imidazole rings is 1. The number of carbonyl (C=O) groups is 1. The van der Waals surface area contributed by atoms with E-state index in [1.165, 1.54) is 0 Å². The molecule has 0 saturated heterocycles. The minimum Gasteiger partial charge on any atom is -0.483 e. The van der Waals surface area contributed by atoms with Crippen molar-refractivity contribution in [1.29, 1.82) is 0 Å². The van der Waals surface area contributed by atoms with E-state index in [-0.39, 0.29) is 18.6 Å². The van der Waals surface area contributed by atoms with Gasteiger partial charge in [-0.2, -0.15) is 0 Å². The minimum atomic E-state index is -0.343. The maximum atomic E-state index is 12.7.